The van der Waals surface area contributed by atoms with Gasteiger partial charge in [-0.25, -0.2) is 4.79 Å². The van der Waals surface area contributed by atoms with E-state index in [4.69, 9.17) is 4.74 Å². The molecule has 3 N–H and O–H groups in total. The lowest BCUT2D eigenvalue weighted by molar-refractivity contribution is -0.117. The molecule has 2 rings (SSSR count). The first-order valence-electron chi connectivity index (χ1n) is 6.77. The molecule has 0 saturated carbocycles. The zero-order chi connectivity index (χ0) is 14.4. The maximum atomic E-state index is 11.9. The van der Waals surface area contributed by atoms with Crippen LogP contribution in [-0.2, 0) is 9.53 Å². The molecule has 0 radical (unpaired) electrons. The molecule has 6 heteroatoms. The van der Waals surface area contributed by atoms with E-state index in [2.05, 4.69) is 16.0 Å². The summed E-state index contributed by atoms with van der Waals surface area (Å²) >= 11 is 0. The van der Waals surface area contributed by atoms with Crippen molar-refractivity contribution < 1.29 is 14.3 Å². The first kappa shape index (κ1) is 14.3. The number of amides is 2. The summed E-state index contributed by atoms with van der Waals surface area (Å²) < 4.78 is 4.78. The zero-order valence-electron chi connectivity index (χ0n) is 11.4. The van der Waals surface area contributed by atoms with Gasteiger partial charge in [-0.1, -0.05) is 0 Å². The smallest absolute Gasteiger partial charge is 0.411 e. The lowest BCUT2D eigenvalue weighted by atomic mass is 10.2. The van der Waals surface area contributed by atoms with Gasteiger partial charge in [0.05, 0.1) is 12.6 Å². The highest BCUT2D eigenvalue weighted by molar-refractivity contribution is 5.95. The first-order chi connectivity index (χ1) is 9.69. The summed E-state index contributed by atoms with van der Waals surface area (Å²) in [5.41, 5.74) is 1.33. The Balaban J connectivity index is 1.87. The highest BCUT2D eigenvalue weighted by atomic mass is 16.5. The van der Waals surface area contributed by atoms with Crippen LogP contribution in [0.1, 0.15) is 19.8 Å². The topological polar surface area (TPSA) is 79.5 Å². The maximum Gasteiger partial charge on any atom is 0.411 e. The van der Waals surface area contributed by atoms with Gasteiger partial charge in [-0.3, -0.25) is 10.1 Å². The Morgan fingerprint density at radius 1 is 1.25 bits per heavy atom. The normalized spacial score (nSPS) is 17.6. The molecular weight excluding hydrogens is 258 g/mol. The maximum absolute atomic E-state index is 11.9. The second-order valence-electron chi connectivity index (χ2n) is 4.56. The fourth-order valence-electron chi connectivity index (χ4n) is 2.06. The third-order valence-corrected chi connectivity index (χ3v) is 3.05. The van der Waals surface area contributed by atoms with Gasteiger partial charge in [-0.15, -0.1) is 0 Å². The summed E-state index contributed by atoms with van der Waals surface area (Å²) in [6.45, 7) is 2.96. The Hall–Kier alpha value is -2.08. The van der Waals surface area contributed by atoms with Gasteiger partial charge in [-0.2, -0.15) is 0 Å². The van der Waals surface area contributed by atoms with Crippen molar-refractivity contribution in [1.29, 1.82) is 0 Å². The number of rotatable bonds is 4. The number of hydrogen-bond donors (Lipinski definition) is 3. The Morgan fingerprint density at radius 3 is 2.45 bits per heavy atom. The van der Waals surface area contributed by atoms with E-state index < -0.39 is 6.09 Å². The van der Waals surface area contributed by atoms with Crippen LogP contribution in [0.2, 0.25) is 0 Å². The molecule has 1 saturated heterocycles. The molecule has 0 aliphatic carbocycles. The van der Waals surface area contributed by atoms with Crippen molar-refractivity contribution in [3.63, 3.8) is 0 Å². The van der Waals surface area contributed by atoms with Crippen LogP contribution in [0.3, 0.4) is 0 Å². The number of hydrogen-bond acceptors (Lipinski definition) is 4. The van der Waals surface area contributed by atoms with E-state index in [1.165, 1.54) is 0 Å². The molecule has 0 unspecified atom stereocenters. The molecule has 6 nitrogen and oxygen atoms in total. The van der Waals surface area contributed by atoms with Crippen LogP contribution >= 0.6 is 0 Å². The number of benzene rings is 1. The van der Waals surface area contributed by atoms with E-state index in [-0.39, 0.29) is 11.9 Å². The highest BCUT2D eigenvalue weighted by Crippen LogP contribution is 2.15. The van der Waals surface area contributed by atoms with Crippen molar-refractivity contribution in [2.75, 3.05) is 23.8 Å². The monoisotopic (exact) mass is 277 g/mol. The average molecular weight is 277 g/mol. The standard InChI is InChI=1S/C14H19N3O3/c1-2-20-14(19)17-11-7-5-10(6-8-11)16-13(18)12-4-3-9-15-12/h5-8,12,15H,2-4,9H2,1H3,(H,16,18)(H,17,19)/t12-/m0/s1. The van der Waals surface area contributed by atoms with Crippen molar-refractivity contribution in [1.82, 2.24) is 5.32 Å². The van der Waals surface area contributed by atoms with Gasteiger partial charge in [0.15, 0.2) is 0 Å². The summed E-state index contributed by atoms with van der Waals surface area (Å²) in [4.78, 5) is 23.1. The van der Waals surface area contributed by atoms with Crippen molar-refractivity contribution in [2.45, 2.75) is 25.8 Å². The van der Waals surface area contributed by atoms with Crippen molar-refractivity contribution in [3.05, 3.63) is 24.3 Å². The lowest BCUT2D eigenvalue weighted by Crippen LogP contribution is -2.35. The number of ether oxygens (including phenoxy) is 1. The first-order valence-corrected chi connectivity index (χ1v) is 6.77. The molecule has 1 fully saturated rings. The molecule has 0 aromatic heterocycles. The number of anilines is 2. The Bertz CT molecular complexity index is 467. The van der Waals surface area contributed by atoms with Crippen LogP contribution in [0.15, 0.2) is 24.3 Å². The fraction of sp³-hybridized carbons (Fsp3) is 0.429. The summed E-state index contributed by atoms with van der Waals surface area (Å²) in [6, 6.07) is 6.82. The van der Waals surface area contributed by atoms with Gasteiger partial charge in [0.25, 0.3) is 0 Å². The Morgan fingerprint density at radius 2 is 1.90 bits per heavy atom. The molecular formula is C14H19N3O3. The predicted octanol–water partition coefficient (Wildman–Crippen LogP) is 1.95. The largest absolute Gasteiger partial charge is 0.450 e. The number of carbonyl (C=O) groups is 2. The van der Waals surface area contributed by atoms with E-state index in [1.54, 1.807) is 31.2 Å². The van der Waals surface area contributed by atoms with E-state index in [9.17, 15) is 9.59 Å². The Kier molecular flexibility index (Phi) is 4.95. The molecule has 0 bridgehead atoms. The molecule has 108 valence electrons. The van der Waals surface area contributed by atoms with Crippen LogP contribution in [0.25, 0.3) is 0 Å². The Labute approximate surface area is 117 Å². The average Bonchev–Trinajstić information content (AvgIpc) is 2.95. The van der Waals surface area contributed by atoms with Gasteiger partial charge in [-0.05, 0) is 50.6 Å². The minimum atomic E-state index is -0.487. The summed E-state index contributed by atoms with van der Waals surface area (Å²) in [7, 11) is 0. The molecule has 1 atom stereocenters. The second kappa shape index (κ2) is 6.91. The van der Waals surface area contributed by atoms with Gasteiger partial charge in [0.1, 0.15) is 0 Å². The van der Waals surface area contributed by atoms with Crippen LogP contribution in [0.5, 0.6) is 0 Å². The number of carbonyl (C=O) groups excluding carboxylic acids is 2. The predicted molar refractivity (Wildman–Crippen MR) is 76.7 cm³/mol. The van der Waals surface area contributed by atoms with Gasteiger partial charge in [0, 0.05) is 11.4 Å². The minimum absolute atomic E-state index is 0.0198. The van der Waals surface area contributed by atoms with Crippen LogP contribution in [-0.4, -0.2) is 31.2 Å². The molecule has 20 heavy (non-hydrogen) atoms. The number of nitrogens with one attached hydrogen (secondary N) is 3. The lowest BCUT2D eigenvalue weighted by Gasteiger charge is -2.11. The molecule has 1 aromatic rings. The van der Waals surface area contributed by atoms with Crippen molar-refractivity contribution in [3.8, 4) is 0 Å². The van der Waals surface area contributed by atoms with Crippen molar-refractivity contribution >= 4 is 23.4 Å². The van der Waals surface area contributed by atoms with E-state index in [1.807, 2.05) is 0 Å². The SMILES string of the molecule is CCOC(=O)Nc1ccc(NC(=O)[C@@H]2CCCN2)cc1. The van der Waals surface area contributed by atoms with E-state index >= 15 is 0 Å². The molecule has 1 aliphatic heterocycles. The molecule has 1 aromatic carbocycles. The molecule has 1 heterocycles. The quantitative estimate of drug-likeness (QED) is 0.786. The van der Waals surface area contributed by atoms with E-state index in [0.29, 0.717) is 18.0 Å². The van der Waals surface area contributed by atoms with Gasteiger partial charge < -0.3 is 15.4 Å². The van der Waals surface area contributed by atoms with Gasteiger partial charge in [0.2, 0.25) is 5.91 Å². The summed E-state index contributed by atoms with van der Waals surface area (Å²) in [5.74, 6) is -0.0198. The van der Waals surface area contributed by atoms with Gasteiger partial charge >= 0.3 is 6.09 Å². The van der Waals surface area contributed by atoms with Crippen LogP contribution in [0.4, 0.5) is 16.2 Å². The third kappa shape index (κ3) is 3.96. The highest BCUT2D eigenvalue weighted by Gasteiger charge is 2.21. The van der Waals surface area contributed by atoms with Crippen LogP contribution < -0.4 is 16.0 Å². The summed E-state index contributed by atoms with van der Waals surface area (Å²) in [5, 5.41) is 8.58. The van der Waals surface area contributed by atoms with E-state index in [0.717, 1.165) is 19.4 Å². The van der Waals surface area contributed by atoms with Crippen molar-refractivity contribution in [2.24, 2.45) is 0 Å². The fourth-order valence-corrected chi connectivity index (χ4v) is 2.06. The molecule has 1 aliphatic rings. The zero-order valence-corrected chi connectivity index (χ0v) is 11.4. The minimum Gasteiger partial charge on any atom is -0.450 e. The second-order valence-corrected chi connectivity index (χ2v) is 4.56. The molecule has 2 amide bonds. The molecule has 0 spiro atoms. The summed E-state index contributed by atoms with van der Waals surface area (Å²) in [6.07, 6.45) is 1.41. The van der Waals surface area contributed by atoms with Crippen LogP contribution in [0, 0.1) is 0 Å². The third-order valence-electron chi connectivity index (χ3n) is 3.05.